The van der Waals surface area contributed by atoms with E-state index in [1.54, 1.807) is 0 Å². The highest BCUT2D eigenvalue weighted by atomic mass is 79.9. The van der Waals surface area contributed by atoms with Crippen molar-refractivity contribution >= 4 is 33.2 Å². The number of hydrogen-bond acceptors (Lipinski definition) is 4. The summed E-state index contributed by atoms with van der Waals surface area (Å²) in [5.41, 5.74) is 1.10. The third kappa shape index (κ3) is 3.02. The van der Waals surface area contributed by atoms with Gasteiger partial charge in [-0.05, 0) is 29.3 Å². The Morgan fingerprint density at radius 1 is 1.33 bits per heavy atom. The highest BCUT2D eigenvalue weighted by Crippen LogP contribution is 2.21. The van der Waals surface area contributed by atoms with E-state index in [2.05, 4.69) is 25.9 Å². The molecule has 0 radical (unpaired) electrons. The van der Waals surface area contributed by atoms with Gasteiger partial charge in [0.05, 0.1) is 4.92 Å². The molecule has 0 saturated heterocycles. The van der Waals surface area contributed by atoms with Gasteiger partial charge < -0.3 is 0 Å². The molecule has 18 heavy (non-hydrogen) atoms. The fourth-order valence-corrected chi connectivity index (χ4v) is 1.88. The van der Waals surface area contributed by atoms with Crippen molar-refractivity contribution in [2.75, 3.05) is 0 Å². The van der Waals surface area contributed by atoms with Gasteiger partial charge in [-0.15, -0.1) is 0 Å². The second kappa shape index (κ2) is 5.41. The van der Waals surface area contributed by atoms with E-state index in [1.165, 1.54) is 0 Å². The van der Waals surface area contributed by atoms with Crippen LogP contribution in [0.4, 0.5) is 5.69 Å². The Bertz CT molecular complexity index is 589. The molecule has 92 valence electrons. The molecule has 0 aliphatic rings. The zero-order chi connectivity index (χ0) is 13.1. The van der Waals surface area contributed by atoms with Gasteiger partial charge in [0.1, 0.15) is 11.9 Å². The average molecular weight is 329 g/mol. The van der Waals surface area contributed by atoms with Gasteiger partial charge in [-0.25, -0.2) is 9.97 Å². The summed E-state index contributed by atoms with van der Waals surface area (Å²) in [4.78, 5) is 17.9. The van der Waals surface area contributed by atoms with Gasteiger partial charge in [0.25, 0.3) is 0 Å². The molecule has 0 aliphatic heterocycles. The van der Waals surface area contributed by atoms with Crippen LogP contribution in [-0.2, 0) is 6.42 Å². The van der Waals surface area contributed by atoms with Crippen LogP contribution in [0.15, 0.2) is 34.9 Å². The maximum atomic E-state index is 10.9. The maximum Gasteiger partial charge on any atom is 0.309 e. The molecule has 0 N–H and O–H groups in total. The van der Waals surface area contributed by atoms with E-state index in [-0.39, 0.29) is 11.0 Å². The van der Waals surface area contributed by atoms with Crippen molar-refractivity contribution < 1.29 is 4.92 Å². The van der Waals surface area contributed by atoms with E-state index in [9.17, 15) is 10.1 Å². The SMILES string of the molecule is O=[N+]([O-])c1cnc(Cl)nc1Cc1ccc(Br)cc1. The Labute approximate surface area is 116 Å². The van der Waals surface area contributed by atoms with Crippen LogP contribution in [-0.4, -0.2) is 14.9 Å². The summed E-state index contributed by atoms with van der Waals surface area (Å²) in [5.74, 6) is 0. The summed E-state index contributed by atoms with van der Waals surface area (Å²) in [5, 5.41) is 10.9. The van der Waals surface area contributed by atoms with Crippen LogP contribution in [0.5, 0.6) is 0 Å². The number of nitrogens with zero attached hydrogens (tertiary/aromatic N) is 3. The molecule has 7 heteroatoms. The van der Waals surface area contributed by atoms with Crippen LogP contribution >= 0.6 is 27.5 Å². The van der Waals surface area contributed by atoms with Gasteiger partial charge in [0.2, 0.25) is 5.28 Å². The van der Waals surface area contributed by atoms with Crippen LogP contribution < -0.4 is 0 Å². The van der Waals surface area contributed by atoms with Crippen molar-refractivity contribution in [1.82, 2.24) is 9.97 Å². The number of hydrogen-bond donors (Lipinski definition) is 0. The van der Waals surface area contributed by atoms with Gasteiger partial charge in [0.15, 0.2) is 0 Å². The van der Waals surface area contributed by atoms with Crippen LogP contribution in [0, 0.1) is 10.1 Å². The Morgan fingerprint density at radius 3 is 2.61 bits per heavy atom. The third-order valence-corrected chi connectivity index (χ3v) is 3.01. The van der Waals surface area contributed by atoms with Gasteiger partial charge in [0, 0.05) is 10.9 Å². The molecule has 0 bridgehead atoms. The molecule has 1 aromatic heterocycles. The molecular formula is C11H7BrClN3O2. The fraction of sp³-hybridized carbons (Fsp3) is 0.0909. The Kier molecular flexibility index (Phi) is 3.88. The van der Waals surface area contributed by atoms with Gasteiger partial charge >= 0.3 is 5.69 Å². The lowest BCUT2D eigenvalue weighted by atomic mass is 10.1. The smallest absolute Gasteiger partial charge is 0.258 e. The summed E-state index contributed by atoms with van der Waals surface area (Å²) in [7, 11) is 0. The number of rotatable bonds is 3. The van der Waals surface area contributed by atoms with Crippen molar-refractivity contribution in [2.45, 2.75) is 6.42 Å². The molecule has 2 rings (SSSR count). The Balaban J connectivity index is 2.35. The zero-order valence-electron chi connectivity index (χ0n) is 9.01. The highest BCUT2D eigenvalue weighted by Gasteiger charge is 2.16. The normalized spacial score (nSPS) is 10.3. The number of aromatic nitrogens is 2. The van der Waals surface area contributed by atoms with Crippen molar-refractivity contribution in [3.63, 3.8) is 0 Å². The molecule has 0 fully saturated rings. The van der Waals surface area contributed by atoms with Gasteiger partial charge in [-0.2, -0.15) is 0 Å². The summed E-state index contributed by atoms with van der Waals surface area (Å²) < 4.78 is 0.946. The number of benzene rings is 1. The predicted octanol–water partition coefficient (Wildman–Crippen LogP) is 3.39. The lowest BCUT2D eigenvalue weighted by molar-refractivity contribution is -0.386. The molecular weight excluding hydrogens is 321 g/mol. The first-order valence-electron chi connectivity index (χ1n) is 4.96. The maximum absolute atomic E-state index is 10.9. The standard InChI is InChI=1S/C11H7BrClN3O2/c12-8-3-1-7(2-4-8)5-9-10(16(17)18)6-14-11(13)15-9/h1-4,6H,5H2. The first kappa shape index (κ1) is 12.9. The molecule has 5 nitrogen and oxygen atoms in total. The highest BCUT2D eigenvalue weighted by molar-refractivity contribution is 9.10. The Morgan fingerprint density at radius 2 is 2.00 bits per heavy atom. The molecule has 0 atom stereocenters. The second-order valence-corrected chi connectivity index (χ2v) is 4.79. The van der Waals surface area contributed by atoms with E-state index in [0.717, 1.165) is 16.2 Å². The monoisotopic (exact) mass is 327 g/mol. The van der Waals surface area contributed by atoms with Crippen LogP contribution in [0.2, 0.25) is 5.28 Å². The minimum Gasteiger partial charge on any atom is -0.258 e. The van der Waals surface area contributed by atoms with Crippen molar-refractivity contribution in [3.05, 3.63) is 61.6 Å². The summed E-state index contributed by atoms with van der Waals surface area (Å²) in [6.45, 7) is 0. The summed E-state index contributed by atoms with van der Waals surface area (Å²) in [6, 6.07) is 7.46. The lowest BCUT2D eigenvalue weighted by Crippen LogP contribution is -2.01. The summed E-state index contributed by atoms with van der Waals surface area (Å²) >= 11 is 8.99. The van der Waals surface area contributed by atoms with Gasteiger partial charge in [-0.1, -0.05) is 28.1 Å². The largest absolute Gasteiger partial charge is 0.309 e. The molecule has 2 aromatic rings. The minimum absolute atomic E-state index is 0.00714. The molecule has 0 spiro atoms. The van der Waals surface area contributed by atoms with Crippen molar-refractivity contribution in [2.24, 2.45) is 0 Å². The van der Waals surface area contributed by atoms with Crippen LogP contribution in [0.1, 0.15) is 11.3 Å². The van der Waals surface area contributed by atoms with E-state index in [0.29, 0.717) is 12.1 Å². The van der Waals surface area contributed by atoms with Crippen molar-refractivity contribution in [1.29, 1.82) is 0 Å². The number of nitro groups is 1. The predicted molar refractivity (Wildman–Crippen MR) is 70.6 cm³/mol. The minimum atomic E-state index is -0.509. The first-order valence-corrected chi connectivity index (χ1v) is 6.13. The molecule has 0 saturated carbocycles. The van der Waals surface area contributed by atoms with Crippen molar-refractivity contribution in [3.8, 4) is 0 Å². The van der Waals surface area contributed by atoms with E-state index in [1.807, 2.05) is 24.3 Å². The molecule has 1 aromatic carbocycles. The fourth-order valence-electron chi connectivity index (χ4n) is 1.46. The molecule has 0 aliphatic carbocycles. The quantitative estimate of drug-likeness (QED) is 0.492. The third-order valence-electron chi connectivity index (χ3n) is 2.30. The second-order valence-electron chi connectivity index (χ2n) is 3.53. The molecule has 0 unspecified atom stereocenters. The van der Waals surface area contributed by atoms with E-state index in [4.69, 9.17) is 11.6 Å². The first-order chi connectivity index (χ1) is 8.56. The zero-order valence-corrected chi connectivity index (χ0v) is 11.3. The molecule has 0 amide bonds. The average Bonchev–Trinajstić information content (AvgIpc) is 2.32. The summed E-state index contributed by atoms with van der Waals surface area (Å²) in [6.07, 6.45) is 1.47. The van der Waals surface area contributed by atoms with Gasteiger partial charge in [-0.3, -0.25) is 10.1 Å². The molecule has 1 heterocycles. The Hall–Kier alpha value is -1.53. The van der Waals surface area contributed by atoms with Crippen LogP contribution in [0.3, 0.4) is 0 Å². The topological polar surface area (TPSA) is 68.9 Å². The van der Waals surface area contributed by atoms with E-state index >= 15 is 0 Å². The number of halogens is 2. The van der Waals surface area contributed by atoms with Crippen LogP contribution in [0.25, 0.3) is 0 Å². The lowest BCUT2D eigenvalue weighted by Gasteiger charge is -2.02. The van der Waals surface area contributed by atoms with E-state index < -0.39 is 4.92 Å².